The highest BCUT2D eigenvalue weighted by Crippen LogP contribution is 2.15. The highest BCUT2D eigenvalue weighted by Gasteiger charge is 2.18. The summed E-state index contributed by atoms with van der Waals surface area (Å²) in [6.45, 7) is 4.28. The van der Waals surface area contributed by atoms with Gasteiger partial charge in [0.1, 0.15) is 6.04 Å². The zero-order chi connectivity index (χ0) is 13.4. The molecule has 0 radical (unpaired) electrons. The molecule has 1 aromatic rings. The molecule has 0 aliphatic rings. The van der Waals surface area contributed by atoms with Crippen LogP contribution in [0.5, 0.6) is 0 Å². The predicted molar refractivity (Wildman–Crippen MR) is 71.0 cm³/mol. The molecule has 102 valence electrons. The number of amides is 1. The second kappa shape index (κ2) is 7.84. The van der Waals surface area contributed by atoms with Crippen LogP contribution in [0.1, 0.15) is 64.1 Å². The second-order valence-corrected chi connectivity index (χ2v) is 4.71. The molecule has 0 aliphatic carbocycles. The Hall–Kier alpha value is -1.39. The van der Waals surface area contributed by atoms with Crippen LogP contribution >= 0.6 is 0 Å². The van der Waals surface area contributed by atoms with Crippen molar-refractivity contribution in [3.8, 4) is 0 Å². The molecule has 0 aromatic carbocycles. The summed E-state index contributed by atoms with van der Waals surface area (Å²) in [5, 5.41) is 8.13. The van der Waals surface area contributed by atoms with Crippen molar-refractivity contribution in [2.75, 3.05) is 0 Å². The van der Waals surface area contributed by atoms with E-state index in [1.165, 1.54) is 0 Å². The number of nitrogens with zero attached hydrogens (tertiary/aromatic N) is 3. The van der Waals surface area contributed by atoms with Gasteiger partial charge in [0, 0.05) is 6.20 Å². The molecule has 1 rings (SSSR count). The molecule has 1 aromatic heterocycles. The van der Waals surface area contributed by atoms with Crippen molar-refractivity contribution in [1.82, 2.24) is 15.0 Å². The van der Waals surface area contributed by atoms with E-state index in [4.69, 9.17) is 5.73 Å². The molecule has 1 atom stereocenters. The van der Waals surface area contributed by atoms with E-state index in [1.807, 2.05) is 6.20 Å². The van der Waals surface area contributed by atoms with Gasteiger partial charge in [0.25, 0.3) is 0 Å². The molecule has 1 amide bonds. The fourth-order valence-corrected chi connectivity index (χ4v) is 1.93. The number of aryl methyl sites for hydroxylation is 1. The molecule has 18 heavy (non-hydrogen) atoms. The van der Waals surface area contributed by atoms with Crippen molar-refractivity contribution in [2.45, 2.75) is 64.8 Å². The van der Waals surface area contributed by atoms with E-state index < -0.39 is 0 Å². The topological polar surface area (TPSA) is 73.8 Å². The number of carbonyl (C=O) groups excluding carboxylic acids is 1. The summed E-state index contributed by atoms with van der Waals surface area (Å²) >= 11 is 0. The maximum atomic E-state index is 11.5. The van der Waals surface area contributed by atoms with Gasteiger partial charge in [-0.1, -0.05) is 44.7 Å². The maximum absolute atomic E-state index is 11.5. The number of rotatable bonds is 9. The van der Waals surface area contributed by atoms with E-state index in [-0.39, 0.29) is 11.9 Å². The van der Waals surface area contributed by atoms with Crippen LogP contribution in [-0.4, -0.2) is 20.9 Å². The lowest BCUT2D eigenvalue weighted by molar-refractivity contribution is -0.121. The third-order valence-electron chi connectivity index (χ3n) is 3.07. The van der Waals surface area contributed by atoms with Crippen LogP contribution in [0.4, 0.5) is 0 Å². The lowest BCUT2D eigenvalue weighted by Crippen LogP contribution is -2.27. The highest BCUT2D eigenvalue weighted by molar-refractivity contribution is 5.78. The minimum atomic E-state index is -0.348. The Morgan fingerprint density at radius 2 is 2.06 bits per heavy atom. The molecule has 0 fully saturated rings. The fourth-order valence-electron chi connectivity index (χ4n) is 1.93. The van der Waals surface area contributed by atoms with E-state index in [1.54, 1.807) is 4.68 Å². The van der Waals surface area contributed by atoms with Gasteiger partial charge in [-0.15, -0.1) is 5.10 Å². The van der Waals surface area contributed by atoms with Crippen LogP contribution in [-0.2, 0) is 11.2 Å². The number of carbonyl (C=O) groups is 1. The first-order valence-corrected chi connectivity index (χ1v) is 6.89. The van der Waals surface area contributed by atoms with Gasteiger partial charge in [0.2, 0.25) is 5.91 Å². The van der Waals surface area contributed by atoms with Crippen LogP contribution in [0, 0.1) is 0 Å². The average molecular weight is 252 g/mol. The molecular weight excluding hydrogens is 228 g/mol. The summed E-state index contributed by atoms with van der Waals surface area (Å²) in [5.41, 5.74) is 6.38. The summed E-state index contributed by atoms with van der Waals surface area (Å²) in [4.78, 5) is 11.5. The van der Waals surface area contributed by atoms with Crippen molar-refractivity contribution in [1.29, 1.82) is 0 Å². The summed E-state index contributed by atoms with van der Waals surface area (Å²) in [6, 6.07) is -0.348. The number of nitrogens with two attached hydrogens (primary N) is 1. The molecular formula is C13H24N4O. The van der Waals surface area contributed by atoms with Crippen LogP contribution < -0.4 is 5.73 Å². The minimum absolute atomic E-state index is 0.321. The van der Waals surface area contributed by atoms with E-state index >= 15 is 0 Å². The first-order valence-electron chi connectivity index (χ1n) is 6.89. The molecule has 2 N–H and O–H groups in total. The van der Waals surface area contributed by atoms with Gasteiger partial charge in [-0.2, -0.15) is 0 Å². The fraction of sp³-hybridized carbons (Fsp3) is 0.769. The maximum Gasteiger partial charge on any atom is 0.242 e. The molecule has 0 spiro atoms. The SMILES string of the molecule is CCCCCC(C(N)=O)n1cc(CCCC)nn1. The molecule has 0 aliphatic heterocycles. The van der Waals surface area contributed by atoms with Crippen LogP contribution in [0.2, 0.25) is 0 Å². The Labute approximate surface area is 109 Å². The van der Waals surface area contributed by atoms with Crippen molar-refractivity contribution in [3.05, 3.63) is 11.9 Å². The predicted octanol–water partition coefficient (Wildman–Crippen LogP) is 2.23. The van der Waals surface area contributed by atoms with Gasteiger partial charge >= 0.3 is 0 Å². The number of unbranched alkanes of at least 4 members (excludes halogenated alkanes) is 3. The van der Waals surface area contributed by atoms with Crippen molar-refractivity contribution in [2.24, 2.45) is 5.73 Å². The van der Waals surface area contributed by atoms with Crippen molar-refractivity contribution in [3.63, 3.8) is 0 Å². The molecule has 1 unspecified atom stereocenters. The van der Waals surface area contributed by atoms with Gasteiger partial charge in [-0.3, -0.25) is 4.79 Å². The lowest BCUT2D eigenvalue weighted by atomic mass is 10.1. The first kappa shape index (κ1) is 14.7. The number of hydrogen-bond donors (Lipinski definition) is 1. The van der Waals surface area contributed by atoms with Gasteiger partial charge in [-0.25, -0.2) is 4.68 Å². The third kappa shape index (κ3) is 4.47. The van der Waals surface area contributed by atoms with Crippen LogP contribution in [0.25, 0.3) is 0 Å². The monoisotopic (exact) mass is 252 g/mol. The van der Waals surface area contributed by atoms with Gasteiger partial charge < -0.3 is 5.73 Å². The van der Waals surface area contributed by atoms with Crippen LogP contribution in [0.15, 0.2) is 6.20 Å². The third-order valence-corrected chi connectivity index (χ3v) is 3.07. The minimum Gasteiger partial charge on any atom is -0.368 e. The Kier molecular flexibility index (Phi) is 6.39. The van der Waals surface area contributed by atoms with Gasteiger partial charge in [0.15, 0.2) is 0 Å². The zero-order valence-corrected chi connectivity index (χ0v) is 11.4. The number of aromatic nitrogens is 3. The molecule has 0 saturated heterocycles. The molecule has 1 heterocycles. The molecule has 0 saturated carbocycles. The van der Waals surface area contributed by atoms with Gasteiger partial charge in [0.05, 0.1) is 5.69 Å². The molecule has 5 heteroatoms. The summed E-state index contributed by atoms with van der Waals surface area (Å²) in [6.07, 6.45) is 8.98. The Bertz CT molecular complexity index is 362. The summed E-state index contributed by atoms with van der Waals surface area (Å²) in [5.74, 6) is -0.321. The zero-order valence-electron chi connectivity index (χ0n) is 11.4. The number of hydrogen-bond acceptors (Lipinski definition) is 3. The number of primary amides is 1. The highest BCUT2D eigenvalue weighted by atomic mass is 16.1. The second-order valence-electron chi connectivity index (χ2n) is 4.71. The summed E-state index contributed by atoms with van der Waals surface area (Å²) < 4.78 is 1.63. The first-order chi connectivity index (χ1) is 8.69. The smallest absolute Gasteiger partial charge is 0.242 e. The van der Waals surface area contributed by atoms with E-state index in [9.17, 15) is 4.79 Å². The van der Waals surface area contributed by atoms with Crippen molar-refractivity contribution >= 4 is 5.91 Å². The van der Waals surface area contributed by atoms with Gasteiger partial charge in [-0.05, 0) is 19.3 Å². The largest absolute Gasteiger partial charge is 0.368 e. The quantitative estimate of drug-likeness (QED) is 0.685. The standard InChI is InChI=1S/C13H24N4O/c1-3-5-7-9-12(13(14)18)17-10-11(15-16-17)8-6-4-2/h10,12H,3-9H2,1-2H3,(H2,14,18). The van der Waals surface area contributed by atoms with E-state index in [2.05, 4.69) is 24.2 Å². The normalized spacial score (nSPS) is 12.6. The van der Waals surface area contributed by atoms with Crippen LogP contribution in [0.3, 0.4) is 0 Å². The lowest BCUT2D eigenvalue weighted by Gasteiger charge is -2.12. The Morgan fingerprint density at radius 3 is 2.67 bits per heavy atom. The summed E-state index contributed by atoms with van der Waals surface area (Å²) in [7, 11) is 0. The molecule has 0 bridgehead atoms. The van der Waals surface area contributed by atoms with E-state index in [0.29, 0.717) is 0 Å². The van der Waals surface area contributed by atoms with Crippen molar-refractivity contribution < 1.29 is 4.79 Å². The Balaban J connectivity index is 2.61. The van der Waals surface area contributed by atoms with E-state index in [0.717, 1.165) is 50.6 Å². The molecule has 5 nitrogen and oxygen atoms in total. The Morgan fingerprint density at radius 1 is 1.33 bits per heavy atom. The average Bonchev–Trinajstić information content (AvgIpc) is 2.80.